The molecule has 106 valence electrons. The number of nitrogens with one attached hydrogen (secondary N) is 1. The number of anilines is 1. The molecule has 1 heterocycles. The zero-order chi connectivity index (χ0) is 14.7. The van der Waals surface area contributed by atoms with Gasteiger partial charge >= 0.3 is 0 Å². The maximum absolute atomic E-state index is 4.12. The van der Waals surface area contributed by atoms with Crippen LogP contribution in [0.25, 0.3) is 5.69 Å². The predicted octanol–water partition coefficient (Wildman–Crippen LogP) is 4.10. The summed E-state index contributed by atoms with van der Waals surface area (Å²) in [6.45, 7) is 5.14. The van der Waals surface area contributed by atoms with Crippen LogP contribution in [-0.2, 0) is 6.54 Å². The van der Waals surface area contributed by atoms with Crippen molar-refractivity contribution in [2.45, 2.75) is 20.4 Å². The molecule has 3 rings (SSSR count). The zero-order valence-electron chi connectivity index (χ0n) is 12.4. The van der Waals surface area contributed by atoms with Crippen LogP contribution in [-0.4, -0.2) is 9.55 Å². The Morgan fingerprint density at radius 2 is 1.90 bits per heavy atom. The van der Waals surface area contributed by atoms with Crippen LogP contribution in [0.2, 0.25) is 0 Å². The lowest BCUT2D eigenvalue weighted by Crippen LogP contribution is -2.05. The SMILES string of the molecule is Cc1cccc(CNc2ccccc2-n2ccnc2)c1C. The molecule has 0 atom stereocenters. The van der Waals surface area contributed by atoms with Crippen molar-refractivity contribution >= 4 is 5.69 Å². The van der Waals surface area contributed by atoms with Crippen LogP contribution in [0.1, 0.15) is 16.7 Å². The van der Waals surface area contributed by atoms with E-state index in [1.807, 2.05) is 29.2 Å². The van der Waals surface area contributed by atoms with Crippen LogP contribution < -0.4 is 5.32 Å². The fourth-order valence-corrected chi connectivity index (χ4v) is 2.44. The molecule has 1 N–H and O–H groups in total. The number of aromatic nitrogens is 2. The van der Waals surface area contributed by atoms with Gasteiger partial charge in [0.2, 0.25) is 0 Å². The van der Waals surface area contributed by atoms with Gasteiger partial charge in [-0.15, -0.1) is 0 Å². The highest BCUT2D eigenvalue weighted by atomic mass is 15.0. The van der Waals surface area contributed by atoms with Crippen molar-refractivity contribution in [3.63, 3.8) is 0 Å². The van der Waals surface area contributed by atoms with Gasteiger partial charge in [0.25, 0.3) is 0 Å². The topological polar surface area (TPSA) is 29.9 Å². The maximum Gasteiger partial charge on any atom is 0.0992 e. The number of hydrogen-bond acceptors (Lipinski definition) is 2. The third-order valence-electron chi connectivity index (χ3n) is 3.87. The largest absolute Gasteiger partial charge is 0.379 e. The molecule has 0 fully saturated rings. The second-order valence-corrected chi connectivity index (χ2v) is 5.20. The molecule has 0 aliphatic carbocycles. The van der Waals surface area contributed by atoms with Crippen molar-refractivity contribution in [2.24, 2.45) is 0 Å². The Kier molecular flexibility index (Phi) is 3.73. The molecule has 0 saturated heterocycles. The summed E-state index contributed by atoms with van der Waals surface area (Å²) in [6.07, 6.45) is 5.57. The highest BCUT2D eigenvalue weighted by molar-refractivity contribution is 5.61. The molecular formula is C18H19N3. The van der Waals surface area contributed by atoms with Crippen molar-refractivity contribution in [1.29, 1.82) is 0 Å². The van der Waals surface area contributed by atoms with Gasteiger partial charge in [0, 0.05) is 18.9 Å². The number of rotatable bonds is 4. The first kappa shape index (κ1) is 13.4. The quantitative estimate of drug-likeness (QED) is 0.778. The van der Waals surface area contributed by atoms with E-state index in [9.17, 15) is 0 Å². The van der Waals surface area contributed by atoms with Crippen LogP contribution in [0.4, 0.5) is 5.69 Å². The summed E-state index contributed by atoms with van der Waals surface area (Å²) in [6, 6.07) is 14.7. The van der Waals surface area contributed by atoms with Crippen molar-refractivity contribution in [3.8, 4) is 5.69 Å². The van der Waals surface area contributed by atoms with Crippen LogP contribution in [0.15, 0.2) is 61.2 Å². The average Bonchev–Trinajstić information content (AvgIpc) is 3.03. The van der Waals surface area contributed by atoms with Gasteiger partial charge < -0.3 is 9.88 Å². The summed E-state index contributed by atoms with van der Waals surface area (Å²) in [5.74, 6) is 0. The first-order chi connectivity index (χ1) is 10.3. The minimum absolute atomic E-state index is 0.819. The molecule has 3 aromatic rings. The molecule has 2 aromatic carbocycles. The molecule has 0 aliphatic heterocycles. The Morgan fingerprint density at radius 3 is 2.71 bits per heavy atom. The van der Waals surface area contributed by atoms with E-state index in [1.165, 1.54) is 16.7 Å². The summed E-state index contributed by atoms with van der Waals surface area (Å²) in [5, 5.41) is 3.54. The fraction of sp³-hybridized carbons (Fsp3) is 0.167. The summed E-state index contributed by atoms with van der Waals surface area (Å²) < 4.78 is 2.02. The maximum atomic E-state index is 4.12. The van der Waals surface area contributed by atoms with E-state index < -0.39 is 0 Å². The standard InChI is InChI=1S/C18H19N3/c1-14-6-5-7-16(15(14)2)12-20-17-8-3-4-9-18(17)21-11-10-19-13-21/h3-11,13,20H,12H2,1-2H3. The normalized spacial score (nSPS) is 10.6. The Bertz CT molecular complexity index is 730. The van der Waals surface area contributed by atoms with E-state index in [4.69, 9.17) is 0 Å². The highest BCUT2D eigenvalue weighted by Crippen LogP contribution is 2.21. The summed E-state index contributed by atoms with van der Waals surface area (Å²) in [4.78, 5) is 4.12. The van der Waals surface area contributed by atoms with Gasteiger partial charge in [0.05, 0.1) is 17.7 Å². The number of hydrogen-bond donors (Lipinski definition) is 1. The van der Waals surface area contributed by atoms with Gasteiger partial charge in [-0.2, -0.15) is 0 Å². The van der Waals surface area contributed by atoms with Crippen LogP contribution in [0.5, 0.6) is 0 Å². The highest BCUT2D eigenvalue weighted by Gasteiger charge is 2.05. The summed E-state index contributed by atoms with van der Waals surface area (Å²) >= 11 is 0. The average molecular weight is 277 g/mol. The van der Waals surface area contributed by atoms with Gasteiger partial charge in [-0.25, -0.2) is 4.98 Å². The second kappa shape index (κ2) is 5.83. The Balaban J connectivity index is 1.85. The molecule has 0 aliphatic rings. The number of aryl methyl sites for hydroxylation is 1. The molecular weight excluding hydrogens is 258 g/mol. The van der Waals surface area contributed by atoms with Crippen molar-refractivity contribution in [3.05, 3.63) is 77.9 Å². The molecule has 1 aromatic heterocycles. The van der Waals surface area contributed by atoms with Gasteiger partial charge in [-0.3, -0.25) is 0 Å². The van der Waals surface area contributed by atoms with Crippen molar-refractivity contribution in [1.82, 2.24) is 9.55 Å². The van der Waals surface area contributed by atoms with E-state index in [-0.39, 0.29) is 0 Å². The van der Waals surface area contributed by atoms with Crippen LogP contribution >= 0.6 is 0 Å². The molecule has 3 nitrogen and oxygen atoms in total. The first-order valence-corrected chi connectivity index (χ1v) is 7.12. The second-order valence-electron chi connectivity index (χ2n) is 5.20. The Hall–Kier alpha value is -2.55. The van der Waals surface area contributed by atoms with E-state index >= 15 is 0 Å². The lowest BCUT2D eigenvalue weighted by atomic mass is 10.0. The first-order valence-electron chi connectivity index (χ1n) is 7.12. The Labute approximate surface area is 125 Å². The third-order valence-corrected chi connectivity index (χ3v) is 3.87. The monoisotopic (exact) mass is 277 g/mol. The van der Waals surface area contributed by atoms with E-state index in [1.54, 1.807) is 6.20 Å². The zero-order valence-corrected chi connectivity index (χ0v) is 12.4. The molecule has 0 spiro atoms. The van der Waals surface area contributed by atoms with Gasteiger partial charge in [-0.05, 0) is 42.7 Å². The molecule has 3 heteroatoms. The lowest BCUT2D eigenvalue weighted by molar-refractivity contribution is 1.04. The molecule has 0 radical (unpaired) electrons. The van der Waals surface area contributed by atoms with Crippen molar-refractivity contribution < 1.29 is 0 Å². The van der Waals surface area contributed by atoms with Crippen LogP contribution in [0, 0.1) is 13.8 Å². The molecule has 0 unspecified atom stereocenters. The number of para-hydroxylation sites is 2. The fourth-order valence-electron chi connectivity index (χ4n) is 2.44. The Morgan fingerprint density at radius 1 is 1.05 bits per heavy atom. The molecule has 0 saturated carbocycles. The molecule has 0 amide bonds. The lowest BCUT2D eigenvalue weighted by Gasteiger charge is -2.14. The molecule has 0 bridgehead atoms. The summed E-state index contributed by atoms with van der Waals surface area (Å²) in [5.41, 5.74) is 6.23. The van der Waals surface area contributed by atoms with E-state index in [2.05, 4.69) is 54.5 Å². The smallest absolute Gasteiger partial charge is 0.0992 e. The van der Waals surface area contributed by atoms with E-state index in [0.717, 1.165) is 17.9 Å². The van der Waals surface area contributed by atoms with Gasteiger partial charge in [0.15, 0.2) is 0 Å². The summed E-state index contributed by atoms with van der Waals surface area (Å²) in [7, 11) is 0. The molecule has 21 heavy (non-hydrogen) atoms. The number of benzene rings is 2. The minimum Gasteiger partial charge on any atom is -0.379 e. The minimum atomic E-state index is 0.819. The van der Waals surface area contributed by atoms with Gasteiger partial charge in [-0.1, -0.05) is 30.3 Å². The number of nitrogens with zero attached hydrogens (tertiary/aromatic N) is 2. The van der Waals surface area contributed by atoms with Crippen molar-refractivity contribution in [2.75, 3.05) is 5.32 Å². The van der Waals surface area contributed by atoms with Gasteiger partial charge in [0.1, 0.15) is 0 Å². The van der Waals surface area contributed by atoms with Crippen LogP contribution in [0.3, 0.4) is 0 Å². The number of imidazole rings is 1. The third kappa shape index (κ3) is 2.82. The van der Waals surface area contributed by atoms with E-state index in [0.29, 0.717) is 0 Å². The predicted molar refractivity (Wildman–Crippen MR) is 86.8 cm³/mol.